The highest BCUT2D eigenvalue weighted by Crippen LogP contribution is 2.23. The van der Waals surface area contributed by atoms with E-state index in [4.69, 9.17) is 11.6 Å². The minimum atomic E-state index is -0.0314. The van der Waals surface area contributed by atoms with Crippen molar-refractivity contribution >= 4 is 17.4 Å². The van der Waals surface area contributed by atoms with Crippen molar-refractivity contribution in [1.29, 1.82) is 0 Å². The van der Waals surface area contributed by atoms with Gasteiger partial charge in [-0.1, -0.05) is 11.6 Å². The number of hydrogen-bond donors (Lipinski definition) is 0. The van der Waals surface area contributed by atoms with Gasteiger partial charge in [-0.05, 0) is 51.5 Å². The van der Waals surface area contributed by atoms with Gasteiger partial charge in [-0.2, -0.15) is 5.10 Å². The van der Waals surface area contributed by atoms with Crippen LogP contribution in [0.25, 0.3) is 5.69 Å². The molecule has 3 nitrogen and oxygen atoms in total. The predicted octanol–water partition coefficient (Wildman–Crippen LogP) is 3.65. The first-order valence-electron chi connectivity index (χ1n) is 5.75. The molecule has 0 saturated carbocycles. The summed E-state index contributed by atoms with van der Waals surface area (Å²) in [6, 6.07) is 5.38. The fourth-order valence-corrected chi connectivity index (χ4v) is 2.20. The number of halogens is 1. The topological polar surface area (TPSA) is 34.9 Å². The van der Waals surface area contributed by atoms with Crippen molar-refractivity contribution in [2.45, 2.75) is 27.7 Å². The lowest BCUT2D eigenvalue weighted by Crippen LogP contribution is -2.01. The zero-order valence-corrected chi connectivity index (χ0v) is 11.7. The molecule has 2 rings (SSSR count). The number of hydrogen-bond acceptors (Lipinski definition) is 2. The molecule has 1 aromatic carbocycles. The number of benzene rings is 1. The fourth-order valence-electron chi connectivity index (χ4n) is 1.89. The Morgan fingerprint density at radius 3 is 2.39 bits per heavy atom. The molecule has 1 aromatic heterocycles. The maximum Gasteiger partial charge on any atom is 0.161 e. The maximum atomic E-state index is 11.3. The van der Waals surface area contributed by atoms with Crippen molar-refractivity contribution in [3.8, 4) is 5.69 Å². The highest BCUT2D eigenvalue weighted by atomic mass is 35.5. The Labute approximate surface area is 111 Å². The molecule has 0 atom stereocenters. The van der Waals surface area contributed by atoms with Gasteiger partial charge >= 0.3 is 0 Å². The van der Waals surface area contributed by atoms with Crippen LogP contribution in [0.2, 0.25) is 5.02 Å². The Morgan fingerprint density at radius 1 is 1.28 bits per heavy atom. The third-order valence-electron chi connectivity index (χ3n) is 3.23. The molecule has 0 aliphatic carbocycles. The number of rotatable bonds is 2. The van der Waals surface area contributed by atoms with E-state index in [9.17, 15) is 4.79 Å². The fraction of sp³-hybridized carbons (Fsp3) is 0.286. The van der Waals surface area contributed by atoms with Crippen LogP contribution >= 0.6 is 11.6 Å². The van der Waals surface area contributed by atoms with Crippen LogP contribution < -0.4 is 0 Å². The third-order valence-corrected chi connectivity index (χ3v) is 3.54. The van der Waals surface area contributed by atoms with E-state index in [-0.39, 0.29) is 5.78 Å². The average molecular weight is 263 g/mol. The van der Waals surface area contributed by atoms with Gasteiger partial charge in [0.2, 0.25) is 0 Å². The van der Waals surface area contributed by atoms with Crippen molar-refractivity contribution < 1.29 is 4.79 Å². The summed E-state index contributed by atoms with van der Waals surface area (Å²) in [6.45, 7) is 7.54. The Kier molecular flexibility index (Phi) is 3.26. The smallest absolute Gasteiger partial charge is 0.161 e. The van der Waals surface area contributed by atoms with E-state index in [1.165, 1.54) is 12.5 Å². The van der Waals surface area contributed by atoms with E-state index in [0.717, 1.165) is 17.1 Å². The molecule has 18 heavy (non-hydrogen) atoms. The Hall–Kier alpha value is -1.61. The van der Waals surface area contributed by atoms with Crippen LogP contribution in [0.15, 0.2) is 18.2 Å². The summed E-state index contributed by atoms with van der Waals surface area (Å²) in [5.74, 6) is -0.0314. The van der Waals surface area contributed by atoms with Crippen LogP contribution in [0.1, 0.15) is 34.2 Å². The molecule has 2 aromatic rings. The Bertz CT molecular complexity index is 629. The van der Waals surface area contributed by atoms with Crippen molar-refractivity contribution in [2.75, 3.05) is 0 Å². The van der Waals surface area contributed by atoms with Crippen molar-refractivity contribution in [3.63, 3.8) is 0 Å². The summed E-state index contributed by atoms with van der Waals surface area (Å²) < 4.78 is 1.85. The molecule has 0 spiro atoms. The van der Waals surface area contributed by atoms with Gasteiger partial charge in [-0.15, -0.1) is 0 Å². The quantitative estimate of drug-likeness (QED) is 0.775. The van der Waals surface area contributed by atoms with Crippen LogP contribution in [-0.4, -0.2) is 15.6 Å². The molecule has 0 fully saturated rings. The van der Waals surface area contributed by atoms with Gasteiger partial charge in [-0.3, -0.25) is 4.79 Å². The largest absolute Gasteiger partial charge is 0.294 e. The standard InChI is InChI=1S/C14H15ClN2O/c1-8-9(2)16-17(10(8)3)12-5-6-13(11(4)18)14(15)7-12/h5-7H,1-4H3. The first-order valence-corrected chi connectivity index (χ1v) is 6.13. The van der Waals surface area contributed by atoms with Crippen LogP contribution in [0.5, 0.6) is 0 Å². The van der Waals surface area contributed by atoms with E-state index >= 15 is 0 Å². The van der Waals surface area contributed by atoms with Gasteiger partial charge in [0.05, 0.1) is 16.4 Å². The lowest BCUT2D eigenvalue weighted by Gasteiger charge is -2.07. The zero-order chi connectivity index (χ0) is 13.4. The molecule has 0 unspecified atom stereocenters. The number of nitrogens with zero attached hydrogens (tertiary/aromatic N) is 2. The van der Waals surface area contributed by atoms with E-state index in [2.05, 4.69) is 5.10 Å². The van der Waals surface area contributed by atoms with Crippen LogP contribution in [0, 0.1) is 20.8 Å². The van der Waals surface area contributed by atoms with Gasteiger partial charge in [0, 0.05) is 11.3 Å². The van der Waals surface area contributed by atoms with E-state index in [1.807, 2.05) is 31.5 Å². The number of aryl methyl sites for hydroxylation is 1. The summed E-state index contributed by atoms with van der Waals surface area (Å²) in [7, 11) is 0. The van der Waals surface area contributed by atoms with Gasteiger partial charge in [0.25, 0.3) is 0 Å². The van der Waals surface area contributed by atoms with Gasteiger partial charge in [-0.25, -0.2) is 4.68 Å². The summed E-state index contributed by atoms with van der Waals surface area (Å²) >= 11 is 6.11. The van der Waals surface area contributed by atoms with Crippen molar-refractivity contribution in [2.24, 2.45) is 0 Å². The minimum Gasteiger partial charge on any atom is -0.294 e. The monoisotopic (exact) mass is 262 g/mol. The lowest BCUT2D eigenvalue weighted by atomic mass is 10.1. The van der Waals surface area contributed by atoms with E-state index < -0.39 is 0 Å². The van der Waals surface area contributed by atoms with E-state index in [1.54, 1.807) is 12.1 Å². The molecule has 1 heterocycles. The Morgan fingerprint density at radius 2 is 1.94 bits per heavy atom. The van der Waals surface area contributed by atoms with Gasteiger partial charge in [0.15, 0.2) is 5.78 Å². The molecule has 0 N–H and O–H groups in total. The number of aromatic nitrogens is 2. The molecule has 0 aliphatic heterocycles. The van der Waals surface area contributed by atoms with Crippen LogP contribution in [0.4, 0.5) is 0 Å². The van der Waals surface area contributed by atoms with Crippen LogP contribution in [-0.2, 0) is 0 Å². The third kappa shape index (κ3) is 2.06. The summed E-state index contributed by atoms with van der Waals surface area (Å²) in [5, 5.41) is 4.93. The highest BCUT2D eigenvalue weighted by molar-refractivity contribution is 6.34. The molecular formula is C14H15ClN2O. The maximum absolute atomic E-state index is 11.3. The van der Waals surface area contributed by atoms with Crippen molar-refractivity contribution in [3.05, 3.63) is 45.7 Å². The first kappa shape index (κ1) is 12.8. The molecule has 0 aliphatic rings. The predicted molar refractivity (Wildman–Crippen MR) is 72.8 cm³/mol. The molecule has 0 radical (unpaired) electrons. The Balaban J connectivity index is 2.55. The number of ketones is 1. The highest BCUT2D eigenvalue weighted by Gasteiger charge is 2.11. The molecule has 94 valence electrons. The first-order chi connectivity index (χ1) is 8.41. The zero-order valence-electron chi connectivity index (χ0n) is 10.9. The molecule has 4 heteroatoms. The molecule has 0 bridgehead atoms. The van der Waals surface area contributed by atoms with Crippen LogP contribution in [0.3, 0.4) is 0 Å². The summed E-state index contributed by atoms with van der Waals surface area (Å²) in [4.78, 5) is 11.3. The van der Waals surface area contributed by atoms with Gasteiger partial charge < -0.3 is 0 Å². The molecular weight excluding hydrogens is 248 g/mol. The molecule has 0 amide bonds. The number of carbonyl (C=O) groups is 1. The minimum absolute atomic E-state index is 0.0314. The number of carbonyl (C=O) groups excluding carboxylic acids is 1. The second-order valence-corrected chi connectivity index (χ2v) is 4.84. The molecule has 0 saturated heterocycles. The summed E-state index contributed by atoms with van der Waals surface area (Å²) in [5.41, 5.74) is 4.66. The lowest BCUT2D eigenvalue weighted by molar-refractivity contribution is 0.101. The SMILES string of the molecule is CC(=O)c1ccc(-n2nc(C)c(C)c2C)cc1Cl. The number of Topliss-reactive ketones (excluding diaryl/α,β-unsaturated/α-hetero) is 1. The van der Waals surface area contributed by atoms with Crippen molar-refractivity contribution in [1.82, 2.24) is 9.78 Å². The van der Waals surface area contributed by atoms with E-state index in [0.29, 0.717) is 10.6 Å². The summed E-state index contributed by atoms with van der Waals surface area (Å²) in [6.07, 6.45) is 0. The normalized spacial score (nSPS) is 10.7. The average Bonchev–Trinajstić information content (AvgIpc) is 2.56. The van der Waals surface area contributed by atoms with Gasteiger partial charge in [0.1, 0.15) is 0 Å². The second kappa shape index (κ2) is 4.58. The second-order valence-electron chi connectivity index (χ2n) is 4.43.